The summed E-state index contributed by atoms with van der Waals surface area (Å²) in [5.41, 5.74) is 0. The molecular weight excluding hydrogens is 63.0 g/mol. The Morgan fingerprint density at radius 3 is 1.00 bits per heavy atom. The summed E-state index contributed by atoms with van der Waals surface area (Å²) in [4.78, 5) is 0. The van der Waals surface area contributed by atoms with E-state index in [0.29, 0.717) is 0 Å². The van der Waals surface area contributed by atoms with Crippen molar-refractivity contribution >= 4 is 0 Å². The largest absolute Gasteiger partial charge is 1.00 e. The summed E-state index contributed by atoms with van der Waals surface area (Å²) in [5.74, 6) is 0. The van der Waals surface area contributed by atoms with Crippen LogP contribution in [-0.2, 0) is 0 Å². The first kappa shape index (κ1) is 60.3. The summed E-state index contributed by atoms with van der Waals surface area (Å²) in [6.07, 6.45) is 0. The van der Waals surface area contributed by atoms with Gasteiger partial charge in [0.25, 0.3) is 0 Å². The van der Waals surface area contributed by atoms with Crippen LogP contribution in [0.4, 0.5) is 0 Å². The fraction of sp³-hybridized carbons (Fsp3) is 0. The molecule has 0 aliphatic rings. The van der Waals surface area contributed by atoms with E-state index in [2.05, 4.69) is 13.2 Å². The van der Waals surface area contributed by atoms with Crippen LogP contribution in [0.5, 0.6) is 0 Å². The molecule has 0 radical (unpaired) electrons. The normalized spacial score (nSPS) is 0.800. The fourth-order valence-corrected chi connectivity index (χ4v) is 0. The predicted octanol–water partition coefficient (Wildman–Crippen LogP) is -3.20. The minimum Gasteiger partial charge on any atom is -0.870 e. The Bertz CT molecular complexity index is 7.61. The van der Waals surface area contributed by atoms with Crippen molar-refractivity contribution in [2.45, 2.75) is 0 Å². The van der Waals surface area contributed by atoms with Crippen LogP contribution < -0.4 is 18.9 Å². The van der Waals surface area contributed by atoms with Crippen LogP contribution in [0.25, 0.3) is 0 Å². The molecule has 0 saturated carbocycles. The first-order valence-electron chi connectivity index (χ1n) is 0.500. The Balaban J connectivity index is -0.00000000167. The zero-order valence-corrected chi connectivity index (χ0v) is 3.36. The van der Waals surface area contributed by atoms with Gasteiger partial charge in [-0.05, 0) is 0 Å². The van der Waals surface area contributed by atoms with E-state index in [1.54, 1.807) is 0 Å². The van der Waals surface area contributed by atoms with Crippen molar-refractivity contribution in [2.75, 3.05) is 0 Å². The summed E-state index contributed by atoms with van der Waals surface area (Å²) >= 11 is 0. The Morgan fingerprint density at radius 2 is 1.00 bits per heavy atom. The van der Waals surface area contributed by atoms with E-state index in [9.17, 15) is 0 Å². The maximum atomic E-state index is 3.00. The second-order valence-electron chi connectivity index (χ2n) is 0. The van der Waals surface area contributed by atoms with Gasteiger partial charge < -0.3 is 11.0 Å². The van der Waals surface area contributed by atoms with E-state index in [4.69, 9.17) is 0 Å². The van der Waals surface area contributed by atoms with Gasteiger partial charge in [0.2, 0.25) is 0 Å². The predicted molar refractivity (Wildman–Crippen MR) is 16.8 cm³/mol. The molecule has 0 aromatic rings. The SMILES string of the molecule is C=C.O.[Li+].[OH-]. The molecule has 5 heavy (non-hydrogen) atoms. The summed E-state index contributed by atoms with van der Waals surface area (Å²) < 4.78 is 0. The minimum atomic E-state index is 0. The molecule has 3 heteroatoms. The van der Waals surface area contributed by atoms with Crippen molar-refractivity contribution < 1.29 is 29.8 Å². The smallest absolute Gasteiger partial charge is 0.870 e. The average molecular weight is 70.0 g/mol. The fourth-order valence-electron chi connectivity index (χ4n) is 0. The van der Waals surface area contributed by atoms with Crippen molar-refractivity contribution in [2.24, 2.45) is 0 Å². The zero-order valence-electron chi connectivity index (χ0n) is 3.36. The van der Waals surface area contributed by atoms with Crippen LogP contribution in [0.2, 0.25) is 0 Å². The van der Waals surface area contributed by atoms with Crippen LogP contribution in [0.1, 0.15) is 0 Å². The number of hydrogen-bond donors (Lipinski definition) is 0. The van der Waals surface area contributed by atoms with Gasteiger partial charge in [-0.2, -0.15) is 0 Å². The molecular formula is C2H7LiO2. The van der Waals surface area contributed by atoms with E-state index in [0.717, 1.165) is 0 Å². The van der Waals surface area contributed by atoms with Crippen molar-refractivity contribution in [1.82, 2.24) is 0 Å². The van der Waals surface area contributed by atoms with Crippen LogP contribution in [0.15, 0.2) is 13.2 Å². The van der Waals surface area contributed by atoms with Gasteiger partial charge in [0.1, 0.15) is 0 Å². The van der Waals surface area contributed by atoms with Gasteiger partial charge >= 0.3 is 18.9 Å². The average Bonchev–Trinajstić information content (AvgIpc) is 1.00. The third-order valence-electron chi connectivity index (χ3n) is 0. The molecule has 0 saturated heterocycles. The standard InChI is InChI=1S/C2H4.Li.2H2O/c1-2;;;/h1-2H2;;2*1H2/q;+1;;/p-1. The third kappa shape index (κ3) is 327. The Hall–Kier alpha value is 0.257. The second kappa shape index (κ2) is 682. The monoisotopic (exact) mass is 70.1 g/mol. The maximum absolute atomic E-state index is 3.00. The van der Waals surface area contributed by atoms with Crippen molar-refractivity contribution in [3.63, 3.8) is 0 Å². The molecule has 0 heterocycles. The van der Waals surface area contributed by atoms with E-state index in [-0.39, 0.29) is 29.8 Å². The van der Waals surface area contributed by atoms with Crippen LogP contribution >= 0.6 is 0 Å². The molecule has 3 N–H and O–H groups in total. The molecule has 0 fully saturated rings. The van der Waals surface area contributed by atoms with Gasteiger partial charge in [0, 0.05) is 0 Å². The van der Waals surface area contributed by atoms with Crippen molar-refractivity contribution in [3.8, 4) is 0 Å². The third-order valence-corrected chi connectivity index (χ3v) is 0. The first-order chi connectivity index (χ1) is 1.00. The summed E-state index contributed by atoms with van der Waals surface area (Å²) in [7, 11) is 0. The molecule has 0 amide bonds. The van der Waals surface area contributed by atoms with Gasteiger partial charge in [-0.15, -0.1) is 13.2 Å². The molecule has 0 aromatic carbocycles. The van der Waals surface area contributed by atoms with Crippen molar-refractivity contribution in [3.05, 3.63) is 13.2 Å². The number of rotatable bonds is 0. The Labute approximate surface area is 43.7 Å². The molecule has 0 bridgehead atoms. The second-order valence-corrected chi connectivity index (χ2v) is 0. The molecule has 2 nitrogen and oxygen atoms in total. The summed E-state index contributed by atoms with van der Waals surface area (Å²) in [6.45, 7) is 6.00. The van der Waals surface area contributed by atoms with E-state index < -0.39 is 0 Å². The summed E-state index contributed by atoms with van der Waals surface area (Å²) in [6, 6.07) is 0. The molecule has 0 aliphatic heterocycles. The van der Waals surface area contributed by atoms with Crippen LogP contribution in [0.3, 0.4) is 0 Å². The maximum Gasteiger partial charge on any atom is 1.00 e. The minimum absolute atomic E-state index is 0. The van der Waals surface area contributed by atoms with Gasteiger partial charge in [0.05, 0.1) is 0 Å². The molecule has 0 atom stereocenters. The van der Waals surface area contributed by atoms with E-state index in [1.807, 2.05) is 0 Å². The molecule has 28 valence electrons. The molecule has 0 aliphatic carbocycles. The molecule has 0 spiro atoms. The van der Waals surface area contributed by atoms with Gasteiger partial charge in [0.15, 0.2) is 0 Å². The van der Waals surface area contributed by atoms with Crippen LogP contribution in [-0.4, -0.2) is 11.0 Å². The topological polar surface area (TPSA) is 61.5 Å². The van der Waals surface area contributed by atoms with Gasteiger partial charge in [-0.3, -0.25) is 0 Å². The molecule has 0 rings (SSSR count). The molecule has 0 aromatic heterocycles. The van der Waals surface area contributed by atoms with Gasteiger partial charge in [-0.25, -0.2) is 0 Å². The first-order valence-corrected chi connectivity index (χ1v) is 0.500. The Morgan fingerprint density at radius 1 is 1.00 bits per heavy atom. The van der Waals surface area contributed by atoms with Crippen molar-refractivity contribution in [1.29, 1.82) is 0 Å². The number of hydrogen-bond acceptors (Lipinski definition) is 1. The Kier molecular flexibility index (Phi) is 8220. The summed E-state index contributed by atoms with van der Waals surface area (Å²) in [5, 5.41) is 0. The van der Waals surface area contributed by atoms with E-state index >= 15 is 0 Å². The zero-order chi connectivity index (χ0) is 2.00. The van der Waals surface area contributed by atoms with Crippen LogP contribution in [0, 0.1) is 0 Å². The van der Waals surface area contributed by atoms with E-state index in [1.165, 1.54) is 0 Å². The van der Waals surface area contributed by atoms with Gasteiger partial charge in [-0.1, -0.05) is 0 Å². The quantitative estimate of drug-likeness (QED) is 0.219. The molecule has 0 unspecified atom stereocenters.